The molecule has 28 heavy (non-hydrogen) atoms. The maximum Gasteiger partial charge on any atom is 0.270 e. The standard InChI is InChI=1S/C21H22N4O3/c1-21(2,3)18-13-19(24(23-18)14-15-8-5-4-6-9-15)22-20(26)16-10-7-11-17(12-16)25(27)28/h4-13H,14H2,1-3H3,(H,22,26). The van der Waals surface area contributed by atoms with Crippen LogP contribution in [0.25, 0.3) is 0 Å². The van der Waals surface area contributed by atoms with Crippen molar-refractivity contribution < 1.29 is 9.72 Å². The molecule has 1 N–H and O–H groups in total. The van der Waals surface area contributed by atoms with Gasteiger partial charge in [0.2, 0.25) is 0 Å². The van der Waals surface area contributed by atoms with Crippen LogP contribution < -0.4 is 5.32 Å². The van der Waals surface area contributed by atoms with Gasteiger partial charge in [-0.1, -0.05) is 57.2 Å². The number of hydrogen-bond acceptors (Lipinski definition) is 4. The molecule has 0 saturated carbocycles. The number of nitro benzene ring substituents is 1. The van der Waals surface area contributed by atoms with Crippen molar-refractivity contribution in [1.82, 2.24) is 9.78 Å². The van der Waals surface area contributed by atoms with Crippen LogP contribution in [0.1, 0.15) is 42.4 Å². The van der Waals surface area contributed by atoms with Crippen LogP contribution in [-0.2, 0) is 12.0 Å². The zero-order valence-electron chi connectivity index (χ0n) is 16.0. The van der Waals surface area contributed by atoms with E-state index in [9.17, 15) is 14.9 Å². The van der Waals surface area contributed by atoms with Gasteiger partial charge in [0.25, 0.3) is 11.6 Å². The molecule has 0 radical (unpaired) electrons. The van der Waals surface area contributed by atoms with Crippen molar-refractivity contribution in [3.63, 3.8) is 0 Å². The van der Waals surface area contributed by atoms with Crippen LogP contribution in [0.15, 0.2) is 60.7 Å². The molecule has 144 valence electrons. The first-order valence-corrected chi connectivity index (χ1v) is 8.92. The molecule has 7 heteroatoms. The molecule has 0 aliphatic carbocycles. The number of rotatable bonds is 5. The van der Waals surface area contributed by atoms with Gasteiger partial charge in [0.05, 0.1) is 17.2 Å². The van der Waals surface area contributed by atoms with Crippen molar-refractivity contribution in [3.05, 3.63) is 87.6 Å². The molecule has 3 rings (SSSR count). The van der Waals surface area contributed by atoms with E-state index in [-0.39, 0.29) is 16.7 Å². The van der Waals surface area contributed by atoms with Gasteiger partial charge in [-0.25, -0.2) is 4.68 Å². The summed E-state index contributed by atoms with van der Waals surface area (Å²) < 4.78 is 1.74. The van der Waals surface area contributed by atoms with Crippen LogP contribution in [0.4, 0.5) is 11.5 Å². The molecule has 1 heterocycles. The molecule has 1 amide bonds. The Bertz CT molecular complexity index is 1000. The quantitative estimate of drug-likeness (QED) is 0.527. The Labute approximate surface area is 163 Å². The molecule has 2 aromatic carbocycles. The molecule has 0 fully saturated rings. The summed E-state index contributed by atoms with van der Waals surface area (Å²) in [7, 11) is 0. The normalized spacial score (nSPS) is 11.2. The number of anilines is 1. The van der Waals surface area contributed by atoms with Crippen LogP contribution >= 0.6 is 0 Å². The molecule has 0 atom stereocenters. The molecular weight excluding hydrogens is 356 g/mol. The van der Waals surface area contributed by atoms with Gasteiger partial charge in [0.15, 0.2) is 0 Å². The van der Waals surface area contributed by atoms with Crippen molar-refractivity contribution >= 4 is 17.4 Å². The number of carbonyl (C=O) groups is 1. The van der Waals surface area contributed by atoms with E-state index in [4.69, 9.17) is 0 Å². The van der Waals surface area contributed by atoms with Crippen LogP contribution in [0.2, 0.25) is 0 Å². The van der Waals surface area contributed by atoms with E-state index in [0.717, 1.165) is 11.3 Å². The number of nitro groups is 1. The molecule has 0 aliphatic heterocycles. The zero-order chi connectivity index (χ0) is 20.3. The summed E-state index contributed by atoms with van der Waals surface area (Å²) in [4.78, 5) is 23.1. The van der Waals surface area contributed by atoms with Gasteiger partial charge >= 0.3 is 0 Å². The second kappa shape index (κ2) is 7.64. The number of amides is 1. The molecule has 0 aliphatic rings. The van der Waals surface area contributed by atoms with Crippen LogP contribution in [-0.4, -0.2) is 20.6 Å². The lowest BCUT2D eigenvalue weighted by molar-refractivity contribution is -0.384. The van der Waals surface area contributed by atoms with E-state index >= 15 is 0 Å². The first-order chi connectivity index (χ1) is 13.2. The minimum absolute atomic E-state index is 0.124. The van der Waals surface area contributed by atoms with Gasteiger partial charge in [0.1, 0.15) is 5.82 Å². The third-order valence-electron chi connectivity index (χ3n) is 4.28. The second-order valence-corrected chi connectivity index (χ2v) is 7.57. The van der Waals surface area contributed by atoms with Crippen LogP contribution in [0, 0.1) is 10.1 Å². The summed E-state index contributed by atoms with van der Waals surface area (Å²) in [6.07, 6.45) is 0. The highest BCUT2D eigenvalue weighted by Crippen LogP contribution is 2.25. The van der Waals surface area contributed by atoms with Gasteiger partial charge in [-0.2, -0.15) is 5.10 Å². The molecule has 0 bridgehead atoms. The SMILES string of the molecule is CC(C)(C)c1cc(NC(=O)c2cccc([N+](=O)[O-])c2)n(Cc2ccccc2)n1. The smallest absolute Gasteiger partial charge is 0.270 e. The Morgan fingerprint density at radius 2 is 1.82 bits per heavy atom. The Kier molecular flexibility index (Phi) is 5.26. The maximum absolute atomic E-state index is 12.7. The van der Waals surface area contributed by atoms with E-state index < -0.39 is 10.8 Å². The van der Waals surface area contributed by atoms with Crippen LogP contribution in [0.3, 0.4) is 0 Å². The van der Waals surface area contributed by atoms with Crippen molar-refractivity contribution in [2.24, 2.45) is 0 Å². The van der Waals surface area contributed by atoms with E-state index in [1.807, 2.05) is 57.2 Å². The topological polar surface area (TPSA) is 90.1 Å². The Morgan fingerprint density at radius 3 is 2.46 bits per heavy atom. The van der Waals surface area contributed by atoms with E-state index in [1.165, 1.54) is 18.2 Å². The highest BCUT2D eigenvalue weighted by atomic mass is 16.6. The fourth-order valence-corrected chi connectivity index (χ4v) is 2.71. The lowest BCUT2D eigenvalue weighted by Gasteiger charge is -2.14. The molecule has 7 nitrogen and oxygen atoms in total. The number of nitrogens with one attached hydrogen (secondary N) is 1. The summed E-state index contributed by atoms with van der Waals surface area (Å²) in [6, 6.07) is 17.3. The molecule has 1 aromatic heterocycles. The average molecular weight is 378 g/mol. The fourth-order valence-electron chi connectivity index (χ4n) is 2.71. The van der Waals surface area contributed by atoms with E-state index in [2.05, 4.69) is 10.4 Å². The number of benzene rings is 2. The Morgan fingerprint density at radius 1 is 1.11 bits per heavy atom. The number of nitrogens with zero attached hydrogens (tertiary/aromatic N) is 3. The fraction of sp³-hybridized carbons (Fsp3) is 0.238. The van der Waals surface area contributed by atoms with Crippen molar-refractivity contribution in [3.8, 4) is 0 Å². The predicted octanol–water partition coefficient (Wildman–Crippen LogP) is 4.39. The highest BCUT2D eigenvalue weighted by Gasteiger charge is 2.21. The molecule has 0 spiro atoms. The number of hydrogen-bond donors (Lipinski definition) is 1. The molecule has 0 saturated heterocycles. The minimum Gasteiger partial charge on any atom is -0.307 e. The Hall–Kier alpha value is -3.48. The van der Waals surface area contributed by atoms with E-state index in [1.54, 1.807) is 10.7 Å². The van der Waals surface area contributed by atoms with Crippen LogP contribution in [0.5, 0.6) is 0 Å². The number of non-ortho nitro benzene ring substituents is 1. The second-order valence-electron chi connectivity index (χ2n) is 7.57. The Balaban J connectivity index is 1.91. The summed E-state index contributed by atoms with van der Waals surface area (Å²) in [6.45, 7) is 6.65. The summed E-state index contributed by atoms with van der Waals surface area (Å²) >= 11 is 0. The third-order valence-corrected chi connectivity index (χ3v) is 4.28. The number of aromatic nitrogens is 2. The summed E-state index contributed by atoms with van der Waals surface area (Å²) in [5, 5.41) is 18.5. The lowest BCUT2D eigenvalue weighted by atomic mass is 9.92. The summed E-state index contributed by atoms with van der Waals surface area (Å²) in [5.41, 5.74) is 1.81. The maximum atomic E-state index is 12.7. The lowest BCUT2D eigenvalue weighted by Crippen LogP contribution is -2.16. The molecule has 3 aromatic rings. The van der Waals surface area contributed by atoms with Gasteiger partial charge in [-0.15, -0.1) is 0 Å². The van der Waals surface area contributed by atoms with Gasteiger partial charge in [-0.3, -0.25) is 14.9 Å². The first-order valence-electron chi connectivity index (χ1n) is 8.92. The largest absolute Gasteiger partial charge is 0.307 e. The summed E-state index contributed by atoms with van der Waals surface area (Å²) in [5.74, 6) is 0.128. The van der Waals surface area contributed by atoms with Crippen molar-refractivity contribution in [1.29, 1.82) is 0 Å². The van der Waals surface area contributed by atoms with Gasteiger partial charge in [0, 0.05) is 29.2 Å². The van der Waals surface area contributed by atoms with E-state index in [0.29, 0.717) is 12.4 Å². The monoisotopic (exact) mass is 378 g/mol. The minimum atomic E-state index is -0.520. The van der Waals surface area contributed by atoms with Crippen molar-refractivity contribution in [2.45, 2.75) is 32.7 Å². The van der Waals surface area contributed by atoms with Gasteiger partial charge < -0.3 is 5.32 Å². The molecular formula is C21H22N4O3. The highest BCUT2D eigenvalue weighted by molar-refractivity contribution is 6.04. The zero-order valence-corrected chi connectivity index (χ0v) is 16.0. The van der Waals surface area contributed by atoms with Crippen molar-refractivity contribution in [2.75, 3.05) is 5.32 Å². The third kappa shape index (κ3) is 4.43. The average Bonchev–Trinajstić information content (AvgIpc) is 3.05. The number of carbonyl (C=O) groups excluding carboxylic acids is 1. The van der Waals surface area contributed by atoms with Gasteiger partial charge in [-0.05, 0) is 11.6 Å². The predicted molar refractivity (Wildman–Crippen MR) is 108 cm³/mol. The first kappa shape index (κ1) is 19.3. The molecule has 0 unspecified atom stereocenters.